The van der Waals surface area contributed by atoms with E-state index in [9.17, 15) is 9.90 Å². The smallest absolute Gasteiger partial charge is 0.237 e. The molecular formula is C14H29ClN2O3. The monoisotopic (exact) mass is 308 g/mol. The Balaban J connectivity index is 0.00000361. The molecule has 0 bridgehead atoms. The minimum Gasteiger partial charge on any atom is -0.391 e. The van der Waals surface area contributed by atoms with Crippen molar-refractivity contribution in [3.8, 4) is 0 Å². The third-order valence-corrected chi connectivity index (χ3v) is 4.15. The lowest BCUT2D eigenvalue weighted by Crippen LogP contribution is -2.49. The zero-order valence-corrected chi connectivity index (χ0v) is 13.3. The summed E-state index contributed by atoms with van der Waals surface area (Å²) in [6, 6.07) is -0.488. The normalized spacial score (nSPS) is 19.2. The summed E-state index contributed by atoms with van der Waals surface area (Å²) in [4.78, 5) is 12.0. The second-order valence-corrected chi connectivity index (χ2v) is 5.36. The molecule has 1 rings (SSSR count). The molecule has 2 atom stereocenters. The number of hydrogen-bond donors (Lipinski definition) is 3. The number of nitrogens with one attached hydrogen (secondary N) is 1. The molecule has 0 radical (unpaired) electrons. The zero-order valence-electron chi connectivity index (χ0n) is 12.5. The summed E-state index contributed by atoms with van der Waals surface area (Å²) in [5, 5.41) is 12.7. The van der Waals surface area contributed by atoms with Crippen LogP contribution in [-0.4, -0.2) is 42.9 Å². The molecule has 1 saturated heterocycles. The number of rotatable bonds is 7. The number of aliphatic hydroxyl groups is 1. The highest BCUT2D eigenvalue weighted by molar-refractivity contribution is 5.85. The number of ether oxygens (including phenoxy) is 1. The van der Waals surface area contributed by atoms with E-state index in [4.69, 9.17) is 10.5 Å². The Bertz CT molecular complexity index is 269. The van der Waals surface area contributed by atoms with Gasteiger partial charge in [-0.2, -0.15) is 0 Å². The number of carbonyl (C=O) groups is 1. The van der Waals surface area contributed by atoms with Gasteiger partial charge < -0.3 is 20.9 Å². The van der Waals surface area contributed by atoms with Crippen molar-refractivity contribution >= 4 is 18.3 Å². The minimum atomic E-state index is -0.488. The first-order valence-electron chi connectivity index (χ1n) is 7.39. The Labute approximate surface area is 128 Å². The predicted octanol–water partition coefficient (Wildman–Crippen LogP) is 1.08. The second kappa shape index (κ2) is 10.4. The SMILES string of the molecule is CCC(CC)C(O)CNC(=O)C(N)C1CCOCC1.Cl. The summed E-state index contributed by atoms with van der Waals surface area (Å²) < 4.78 is 5.26. The molecule has 0 aromatic rings. The molecule has 5 nitrogen and oxygen atoms in total. The second-order valence-electron chi connectivity index (χ2n) is 5.36. The van der Waals surface area contributed by atoms with Crippen LogP contribution in [0.4, 0.5) is 0 Å². The Morgan fingerprint density at radius 3 is 2.40 bits per heavy atom. The first kappa shape index (κ1) is 19.6. The van der Waals surface area contributed by atoms with Gasteiger partial charge in [0.2, 0.25) is 5.91 Å². The average molecular weight is 309 g/mol. The molecule has 1 amide bonds. The Morgan fingerprint density at radius 1 is 1.35 bits per heavy atom. The standard InChI is InChI=1S/C14H28N2O3.ClH/c1-3-10(4-2)12(17)9-16-14(18)13(15)11-5-7-19-8-6-11;/h10-13,17H,3-9,15H2,1-2H3,(H,16,18);1H. The Morgan fingerprint density at radius 2 is 1.90 bits per heavy atom. The molecule has 2 unspecified atom stereocenters. The average Bonchev–Trinajstić information content (AvgIpc) is 2.46. The third-order valence-electron chi connectivity index (χ3n) is 4.15. The zero-order chi connectivity index (χ0) is 14.3. The van der Waals surface area contributed by atoms with Crippen LogP contribution in [0.5, 0.6) is 0 Å². The molecule has 120 valence electrons. The molecule has 0 spiro atoms. The lowest BCUT2D eigenvalue weighted by molar-refractivity contribution is -0.125. The number of amides is 1. The molecule has 1 aliphatic rings. The number of halogens is 1. The fourth-order valence-corrected chi connectivity index (χ4v) is 2.61. The fraction of sp³-hybridized carbons (Fsp3) is 0.929. The molecule has 4 N–H and O–H groups in total. The highest BCUT2D eigenvalue weighted by Crippen LogP contribution is 2.18. The predicted molar refractivity (Wildman–Crippen MR) is 81.9 cm³/mol. The molecule has 0 aromatic carbocycles. The highest BCUT2D eigenvalue weighted by Gasteiger charge is 2.27. The first-order valence-corrected chi connectivity index (χ1v) is 7.39. The van der Waals surface area contributed by atoms with Crippen LogP contribution in [-0.2, 0) is 9.53 Å². The number of carbonyl (C=O) groups excluding carboxylic acids is 1. The van der Waals surface area contributed by atoms with Gasteiger partial charge in [-0.25, -0.2) is 0 Å². The maximum atomic E-state index is 12.0. The number of hydrogen-bond acceptors (Lipinski definition) is 4. The number of nitrogens with two attached hydrogens (primary N) is 1. The van der Waals surface area contributed by atoms with E-state index in [2.05, 4.69) is 5.32 Å². The van der Waals surface area contributed by atoms with E-state index in [1.165, 1.54) is 0 Å². The summed E-state index contributed by atoms with van der Waals surface area (Å²) in [6.45, 7) is 5.76. The van der Waals surface area contributed by atoms with Gasteiger partial charge in [-0.1, -0.05) is 26.7 Å². The molecule has 20 heavy (non-hydrogen) atoms. The van der Waals surface area contributed by atoms with Gasteiger partial charge in [0, 0.05) is 19.8 Å². The van der Waals surface area contributed by atoms with Crippen molar-refractivity contribution in [1.29, 1.82) is 0 Å². The van der Waals surface area contributed by atoms with Crippen LogP contribution < -0.4 is 11.1 Å². The quantitative estimate of drug-likeness (QED) is 0.657. The van der Waals surface area contributed by atoms with E-state index in [1.54, 1.807) is 0 Å². The molecule has 1 heterocycles. The third kappa shape index (κ3) is 5.95. The van der Waals surface area contributed by atoms with Gasteiger partial charge in [0.1, 0.15) is 0 Å². The van der Waals surface area contributed by atoms with E-state index in [-0.39, 0.29) is 30.2 Å². The summed E-state index contributed by atoms with van der Waals surface area (Å²) >= 11 is 0. The number of aliphatic hydroxyl groups excluding tert-OH is 1. The van der Waals surface area contributed by atoms with Crippen LogP contribution in [0.15, 0.2) is 0 Å². The molecule has 0 saturated carbocycles. The maximum absolute atomic E-state index is 12.0. The Kier molecular flexibility index (Phi) is 10.2. The van der Waals surface area contributed by atoms with Gasteiger partial charge in [-0.05, 0) is 24.7 Å². The fourth-order valence-electron chi connectivity index (χ4n) is 2.61. The summed E-state index contributed by atoms with van der Waals surface area (Å²) in [5.41, 5.74) is 5.97. The van der Waals surface area contributed by atoms with E-state index in [0.717, 1.165) is 25.7 Å². The van der Waals surface area contributed by atoms with Crippen molar-refractivity contribution in [3.63, 3.8) is 0 Å². The van der Waals surface area contributed by atoms with Gasteiger partial charge in [0.25, 0.3) is 0 Å². The van der Waals surface area contributed by atoms with Crippen LogP contribution >= 0.6 is 12.4 Å². The van der Waals surface area contributed by atoms with Gasteiger partial charge >= 0.3 is 0 Å². The maximum Gasteiger partial charge on any atom is 0.237 e. The van der Waals surface area contributed by atoms with Crippen molar-refractivity contribution in [2.45, 2.75) is 51.7 Å². The van der Waals surface area contributed by atoms with Crippen LogP contribution in [0.2, 0.25) is 0 Å². The largest absolute Gasteiger partial charge is 0.391 e. The van der Waals surface area contributed by atoms with E-state index < -0.39 is 12.1 Å². The molecule has 6 heteroatoms. The van der Waals surface area contributed by atoms with Gasteiger partial charge in [-0.3, -0.25) is 4.79 Å². The lowest BCUT2D eigenvalue weighted by atomic mass is 9.91. The van der Waals surface area contributed by atoms with Crippen molar-refractivity contribution in [2.24, 2.45) is 17.6 Å². The van der Waals surface area contributed by atoms with Gasteiger partial charge in [-0.15, -0.1) is 12.4 Å². The first-order chi connectivity index (χ1) is 9.10. The molecule has 1 fully saturated rings. The molecule has 0 aromatic heterocycles. The van der Waals surface area contributed by atoms with Crippen molar-refractivity contribution in [2.75, 3.05) is 19.8 Å². The molecule has 0 aliphatic carbocycles. The van der Waals surface area contributed by atoms with Crippen molar-refractivity contribution < 1.29 is 14.6 Å². The van der Waals surface area contributed by atoms with Crippen molar-refractivity contribution in [1.82, 2.24) is 5.32 Å². The van der Waals surface area contributed by atoms with Crippen LogP contribution in [0.3, 0.4) is 0 Å². The van der Waals surface area contributed by atoms with Crippen molar-refractivity contribution in [3.05, 3.63) is 0 Å². The Hall–Kier alpha value is -0.360. The van der Waals surface area contributed by atoms with Crippen LogP contribution in [0.25, 0.3) is 0 Å². The molecular weight excluding hydrogens is 280 g/mol. The van der Waals surface area contributed by atoms with Gasteiger partial charge in [0.15, 0.2) is 0 Å². The van der Waals surface area contributed by atoms with E-state index in [0.29, 0.717) is 19.8 Å². The summed E-state index contributed by atoms with van der Waals surface area (Å²) in [7, 11) is 0. The highest BCUT2D eigenvalue weighted by atomic mass is 35.5. The topological polar surface area (TPSA) is 84.6 Å². The summed E-state index contributed by atoms with van der Waals surface area (Å²) in [5.74, 6) is 0.274. The van der Waals surface area contributed by atoms with Gasteiger partial charge in [0.05, 0.1) is 12.1 Å². The minimum absolute atomic E-state index is 0. The lowest BCUT2D eigenvalue weighted by Gasteiger charge is -2.27. The van der Waals surface area contributed by atoms with Crippen LogP contribution in [0, 0.1) is 11.8 Å². The molecule has 1 aliphatic heterocycles. The van der Waals surface area contributed by atoms with Crippen LogP contribution in [0.1, 0.15) is 39.5 Å². The van der Waals surface area contributed by atoms with E-state index >= 15 is 0 Å². The summed E-state index contributed by atoms with van der Waals surface area (Å²) in [6.07, 6.45) is 3.02. The van der Waals surface area contributed by atoms with E-state index in [1.807, 2.05) is 13.8 Å².